The summed E-state index contributed by atoms with van der Waals surface area (Å²) < 4.78 is 57.1. The molecule has 2 aromatic rings. The van der Waals surface area contributed by atoms with Gasteiger partial charge in [0.15, 0.2) is 0 Å². The second-order valence-electron chi connectivity index (χ2n) is 6.05. The lowest BCUT2D eigenvalue weighted by atomic mass is 10.2. The number of sulfonamides is 1. The van der Waals surface area contributed by atoms with Crippen molar-refractivity contribution in [3.05, 3.63) is 45.7 Å². The summed E-state index contributed by atoms with van der Waals surface area (Å²) in [4.78, 5) is 12.6. The van der Waals surface area contributed by atoms with E-state index in [0.29, 0.717) is 22.9 Å². The average Bonchev–Trinajstić information content (AvgIpc) is 3.33. The summed E-state index contributed by atoms with van der Waals surface area (Å²) in [5, 5.41) is 4.30. The SMILES string of the molecule is O=C(NCc1cc(Br)ccc1OC(F)F)C1CCCN1S(=O)(=O)c1cccs1. The number of ether oxygens (including phenoxy) is 1. The first-order valence-corrected chi connectivity index (χ1v) is 11.5. The number of halogens is 3. The molecule has 1 unspecified atom stereocenters. The van der Waals surface area contributed by atoms with Crippen LogP contribution in [0, 0.1) is 0 Å². The topological polar surface area (TPSA) is 75.7 Å². The Hall–Kier alpha value is -1.56. The summed E-state index contributed by atoms with van der Waals surface area (Å²) in [7, 11) is -3.74. The monoisotopic (exact) mass is 494 g/mol. The molecule has 1 aromatic carbocycles. The largest absolute Gasteiger partial charge is 0.434 e. The Morgan fingerprint density at radius 3 is 2.86 bits per heavy atom. The molecule has 1 atom stereocenters. The van der Waals surface area contributed by atoms with E-state index < -0.39 is 28.6 Å². The highest BCUT2D eigenvalue weighted by molar-refractivity contribution is 9.10. The van der Waals surface area contributed by atoms with E-state index in [-0.39, 0.29) is 23.0 Å². The van der Waals surface area contributed by atoms with Crippen LogP contribution in [0.15, 0.2) is 44.4 Å². The predicted molar refractivity (Wildman–Crippen MR) is 104 cm³/mol. The molecule has 0 bridgehead atoms. The zero-order valence-corrected chi connectivity index (χ0v) is 17.7. The summed E-state index contributed by atoms with van der Waals surface area (Å²) in [6, 6.07) is 6.80. The van der Waals surface area contributed by atoms with Crippen molar-refractivity contribution < 1.29 is 26.7 Å². The smallest absolute Gasteiger partial charge is 0.387 e. The zero-order valence-electron chi connectivity index (χ0n) is 14.5. The van der Waals surface area contributed by atoms with E-state index >= 15 is 0 Å². The van der Waals surface area contributed by atoms with Crippen LogP contribution in [0.2, 0.25) is 0 Å². The Balaban J connectivity index is 1.72. The quantitative estimate of drug-likeness (QED) is 0.638. The molecule has 1 saturated heterocycles. The molecular weight excluding hydrogens is 478 g/mol. The normalized spacial score (nSPS) is 17.8. The van der Waals surface area contributed by atoms with Gasteiger partial charge < -0.3 is 10.1 Å². The zero-order chi connectivity index (χ0) is 20.3. The minimum Gasteiger partial charge on any atom is -0.434 e. The van der Waals surface area contributed by atoms with Crippen LogP contribution in [0.5, 0.6) is 5.75 Å². The highest BCUT2D eigenvalue weighted by atomic mass is 79.9. The van der Waals surface area contributed by atoms with Gasteiger partial charge in [0.25, 0.3) is 10.0 Å². The molecule has 3 rings (SSSR count). The van der Waals surface area contributed by atoms with Gasteiger partial charge in [0.1, 0.15) is 16.0 Å². The number of alkyl halides is 2. The van der Waals surface area contributed by atoms with Crippen molar-refractivity contribution in [2.75, 3.05) is 6.54 Å². The first-order valence-electron chi connectivity index (χ1n) is 8.35. The molecule has 0 aliphatic carbocycles. The Morgan fingerprint density at radius 2 is 2.18 bits per heavy atom. The maximum absolute atomic E-state index is 12.8. The Labute approximate surface area is 173 Å². The van der Waals surface area contributed by atoms with E-state index in [4.69, 9.17) is 0 Å². The van der Waals surface area contributed by atoms with Gasteiger partial charge in [-0.05, 0) is 42.5 Å². The fraction of sp³-hybridized carbons (Fsp3) is 0.353. The molecule has 1 aromatic heterocycles. The van der Waals surface area contributed by atoms with Gasteiger partial charge in [0, 0.05) is 23.1 Å². The van der Waals surface area contributed by atoms with Crippen LogP contribution in [0.1, 0.15) is 18.4 Å². The first-order chi connectivity index (χ1) is 13.3. The fourth-order valence-corrected chi connectivity index (χ4v) is 6.20. The number of amides is 1. The molecule has 1 aliphatic heterocycles. The molecule has 1 fully saturated rings. The number of nitrogens with zero attached hydrogens (tertiary/aromatic N) is 1. The van der Waals surface area contributed by atoms with Crippen LogP contribution < -0.4 is 10.1 Å². The molecule has 6 nitrogen and oxygen atoms in total. The summed E-state index contributed by atoms with van der Waals surface area (Å²) in [6.07, 6.45) is 0.967. The van der Waals surface area contributed by atoms with E-state index in [0.717, 1.165) is 11.3 Å². The maximum atomic E-state index is 12.8. The fourth-order valence-electron chi connectivity index (χ4n) is 3.01. The van der Waals surface area contributed by atoms with E-state index in [1.807, 2.05) is 0 Å². The number of rotatable bonds is 7. The molecule has 0 saturated carbocycles. The summed E-state index contributed by atoms with van der Waals surface area (Å²) >= 11 is 4.35. The van der Waals surface area contributed by atoms with Gasteiger partial charge in [-0.25, -0.2) is 8.42 Å². The van der Waals surface area contributed by atoms with Crippen molar-refractivity contribution in [1.82, 2.24) is 9.62 Å². The number of carbonyl (C=O) groups excluding carboxylic acids is 1. The first kappa shape index (κ1) is 21.2. The highest BCUT2D eigenvalue weighted by Gasteiger charge is 2.39. The van der Waals surface area contributed by atoms with Crippen LogP contribution in [-0.4, -0.2) is 37.8 Å². The van der Waals surface area contributed by atoms with Crippen molar-refractivity contribution in [1.29, 1.82) is 0 Å². The third-order valence-corrected chi connectivity index (χ3v) is 8.03. The Bertz CT molecular complexity index is 939. The van der Waals surface area contributed by atoms with Gasteiger partial charge in [-0.2, -0.15) is 13.1 Å². The molecule has 0 spiro atoms. The van der Waals surface area contributed by atoms with E-state index in [2.05, 4.69) is 26.0 Å². The summed E-state index contributed by atoms with van der Waals surface area (Å²) in [6.45, 7) is -2.80. The number of hydrogen-bond acceptors (Lipinski definition) is 5. The Morgan fingerprint density at radius 1 is 1.39 bits per heavy atom. The average molecular weight is 495 g/mol. The van der Waals surface area contributed by atoms with Gasteiger partial charge in [0.2, 0.25) is 5.91 Å². The van der Waals surface area contributed by atoms with E-state index in [9.17, 15) is 22.0 Å². The van der Waals surface area contributed by atoms with Gasteiger partial charge in [0.05, 0.1) is 0 Å². The predicted octanol–water partition coefficient (Wildman–Crippen LogP) is 3.58. The van der Waals surface area contributed by atoms with Crippen LogP contribution in [0.3, 0.4) is 0 Å². The molecule has 1 amide bonds. The highest BCUT2D eigenvalue weighted by Crippen LogP contribution is 2.29. The van der Waals surface area contributed by atoms with Crippen molar-refractivity contribution in [2.24, 2.45) is 0 Å². The van der Waals surface area contributed by atoms with Crippen LogP contribution in [0.4, 0.5) is 8.78 Å². The van der Waals surface area contributed by atoms with E-state index in [1.54, 1.807) is 23.6 Å². The molecule has 0 radical (unpaired) electrons. The summed E-state index contributed by atoms with van der Waals surface area (Å²) in [5.41, 5.74) is 0.355. The molecule has 11 heteroatoms. The van der Waals surface area contributed by atoms with Crippen molar-refractivity contribution >= 4 is 43.2 Å². The van der Waals surface area contributed by atoms with Gasteiger partial charge in [-0.15, -0.1) is 11.3 Å². The van der Waals surface area contributed by atoms with Crippen molar-refractivity contribution in [3.8, 4) is 5.75 Å². The number of benzene rings is 1. The van der Waals surface area contributed by atoms with Crippen LogP contribution >= 0.6 is 27.3 Å². The van der Waals surface area contributed by atoms with Crippen molar-refractivity contribution in [3.63, 3.8) is 0 Å². The third-order valence-electron chi connectivity index (χ3n) is 4.26. The van der Waals surface area contributed by atoms with Crippen LogP contribution in [-0.2, 0) is 21.4 Å². The Kier molecular flexibility index (Phi) is 6.69. The second-order valence-corrected chi connectivity index (χ2v) is 10.0. The molecular formula is C17H17BrF2N2O4S2. The number of nitrogens with one attached hydrogen (secondary N) is 1. The molecule has 2 heterocycles. The molecule has 1 N–H and O–H groups in total. The molecule has 28 heavy (non-hydrogen) atoms. The number of thiophene rings is 1. The molecule has 1 aliphatic rings. The minimum atomic E-state index is -3.74. The standard InChI is InChI=1S/C17H17BrF2N2O4S2/c18-12-5-6-14(26-17(19)20)11(9-12)10-21-16(23)13-3-1-7-22(13)28(24,25)15-4-2-8-27-15/h2,4-6,8-9,13,17H,1,3,7,10H2,(H,21,23). The second kappa shape index (κ2) is 8.85. The lowest BCUT2D eigenvalue weighted by molar-refractivity contribution is -0.124. The number of carbonyl (C=O) groups is 1. The van der Waals surface area contributed by atoms with Crippen molar-refractivity contribution in [2.45, 2.75) is 36.2 Å². The van der Waals surface area contributed by atoms with Gasteiger partial charge >= 0.3 is 6.61 Å². The molecule has 152 valence electrons. The van der Waals surface area contributed by atoms with E-state index in [1.165, 1.54) is 16.4 Å². The lowest BCUT2D eigenvalue weighted by Crippen LogP contribution is -2.45. The van der Waals surface area contributed by atoms with Gasteiger partial charge in [-0.3, -0.25) is 4.79 Å². The van der Waals surface area contributed by atoms with Crippen LogP contribution in [0.25, 0.3) is 0 Å². The third kappa shape index (κ3) is 4.70. The summed E-state index contributed by atoms with van der Waals surface area (Å²) in [5.74, 6) is -0.520. The number of hydrogen-bond donors (Lipinski definition) is 1. The van der Waals surface area contributed by atoms with Gasteiger partial charge in [-0.1, -0.05) is 22.0 Å². The maximum Gasteiger partial charge on any atom is 0.387 e. The lowest BCUT2D eigenvalue weighted by Gasteiger charge is -2.23. The minimum absolute atomic E-state index is 0.0482.